The van der Waals surface area contributed by atoms with Crippen LogP contribution >= 0.6 is 0 Å². The number of urea groups is 1. The van der Waals surface area contributed by atoms with Crippen molar-refractivity contribution in [1.29, 1.82) is 0 Å². The number of hydrogen-bond acceptors (Lipinski definition) is 2. The summed E-state index contributed by atoms with van der Waals surface area (Å²) in [5.74, 6) is 0.229. The monoisotopic (exact) mass is 290 g/mol. The molecular formula is C15H19FN4O. The third-order valence-corrected chi connectivity index (χ3v) is 3.29. The fourth-order valence-corrected chi connectivity index (χ4v) is 1.84. The number of amides is 2. The third-order valence-electron chi connectivity index (χ3n) is 3.29. The second-order valence-electron chi connectivity index (χ2n) is 5.36. The van der Waals surface area contributed by atoms with Crippen molar-refractivity contribution in [3.8, 4) is 0 Å². The second-order valence-corrected chi connectivity index (χ2v) is 5.36. The molecule has 2 amide bonds. The lowest BCUT2D eigenvalue weighted by atomic mass is 10.1. The quantitative estimate of drug-likeness (QED) is 0.801. The molecule has 21 heavy (non-hydrogen) atoms. The van der Waals surface area contributed by atoms with Gasteiger partial charge in [-0.25, -0.2) is 9.18 Å². The minimum atomic E-state index is -0.529. The van der Waals surface area contributed by atoms with Crippen molar-refractivity contribution in [3.05, 3.63) is 40.8 Å². The Bertz CT molecular complexity index is 664. The predicted molar refractivity (Wildman–Crippen MR) is 81.2 cm³/mol. The van der Waals surface area contributed by atoms with E-state index >= 15 is 0 Å². The molecular weight excluding hydrogens is 271 g/mol. The van der Waals surface area contributed by atoms with Crippen LogP contribution in [-0.4, -0.2) is 16.2 Å². The van der Waals surface area contributed by atoms with E-state index in [1.165, 1.54) is 6.07 Å². The zero-order valence-electron chi connectivity index (χ0n) is 12.5. The Kier molecular flexibility index (Phi) is 4.26. The first-order valence-corrected chi connectivity index (χ1v) is 6.77. The van der Waals surface area contributed by atoms with Crippen LogP contribution in [0.1, 0.15) is 36.6 Å². The first-order chi connectivity index (χ1) is 9.86. The molecule has 0 saturated carbocycles. The van der Waals surface area contributed by atoms with E-state index < -0.39 is 11.8 Å². The van der Waals surface area contributed by atoms with Crippen LogP contribution in [0.4, 0.5) is 20.7 Å². The predicted octanol–water partition coefficient (Wildman–Crippen LogP) is 3.93. The van der Waals surface area contributed by atoms with Crippen molar-refractivity contribution in [2.45, 2.75) is 33.6 Å². The topological polar surface area (TPSA) is 69.8 Å². The van der Waals surface area contributed by atoms with Crippen molar-refractivity contribution in [2.24, 2.45) is 0 Å². The van der Waals surface area contributed by atoms with Gasteiger partial charge in [0.15, 0.2) is 5.82 Å². The van der Waals surface area contributed by atoms with Crippen molar-refractivity contribution >= 4 is 17.5 Å². The molecule has 0 aliphatic rings. The number of nitrogens with one attached hydrogen (secondary N) is 3. The average Bonchev–Trinajstić information content (AvgIpc) is 2.84. The van der Waals surface area contributed by atoms with Gasteiger partial charge in [0, 0.05) is 11.8 Å². The zero-order valence-corrected chi connectivity index (χ0v) is 12.5. The number of benzene rings is 1. The lowest BCUT2D eigenvalue weighted by molar-refractivity contribution is 0.262. The molecule has 2 aromatic rings. The molecule has 0 bridgehead atoms. The van der Waals surface area contributed by atoms with Crippen LogP contribution in [-0.2, 0) is 0 Å². The van der Waals surface area contributed by atoms with E-state index in [4.69, 9.17) is 0 Å². The van der Waals surface area contributed by atoms with Crippen molar-refractivity contribution in [1.82, 2.24) is 10.2 Å². The van der Waals surface area contributed by atoms with Gasteiger partial charge in [-0.15, -0.1) is 0 Å². The van der Waals surface area contributed by atoms with Gasteiger partial charge in [-0.05, 0) is 43.0 Å². The van der Waals surface area contributed by atoms with Gasteiger partial charge >= 0.3 is 6.03 Å². The first-order valence-electron chi connectivity index (χ1n) is 6.77. The smallest absolute Gasteiger partial charge is 0.305 e. The van der Waals surface area contributed by atoms with Crippen LogP contribution < -0.4 is 10.6 Å². The number of carbonyl (C=O) groups is 1. The summed E-state index contributed by atoms with van der Waals surface area (Å²) < 4.78 is 13.8. The summed E-state index contributed by atoms with van der Waals surface area (Å²) >= 11 is 0. The van der Waals surface area contributed by atoms with Gasteiger partial charge < -0.3 is 5.32 Å². The average molecular weight is 290 g/mol. The molecule has 3 N–H and O–H groups in total. The van der Waals surface area contributed by atoms with Crippen LogP contribution in [0.25, 0.3) is 0 Å². The molecule has 0 spiro atoms. The Hall–Kier alpha value is -2.37. The van der Waals surface area contributed by atoms with Crippen LogP contribution in [0.3, 0.4) is 0 Å². The Morgan fingerprint density at radius 1 is 1.19 bits per heavy atom. The Balaban J connectivity index is 2.06. The number of aryl methyl sites for hydroxylation is 2. The van der Waals surface area contributed by atoms with Crippen LogP contribution in [0.5, 0.6) is 0 Å². The standard InChI is InChI=1S/C15H19FN4O/c1-8(2)12-7-14(20-19-12)18-15(21)17-13-6-10(4)9(3)5-11(13)16/h5-8H,1-4H3,(H3,17,18,19,20,21). The van der Waals surface area contributed by atoms with E-state index in [0.717, 1.165) is 16.8 Å². The third kappa shape index (κ3) is 3.59. The molecule has 0 saturated heterocycles. The summed E-state index contributed by atoms with van der Waals surface area (Å²) in [4.78, 5) is 11.9. The SMILES string of the molecule is Cc1cc(F)c(NC(=O)Nc2cc(C(C)C)[nH]n2)cc1C. The van der Waals surface area contributed by atoms with E-state index in [-0.39, 0.29) is 11.6 Å². The Morgan fingerprint density at radius 2 is 1.86 bits per heavy atom. The molecule has 0 atom stereocenters. The number of hydrogen-bond donors (Lipinski definition) is 3. The van der Waals surface area contributed by atoms with Crippen LogP contribution in [0, 0.1) is 19.7 Å². The number of aromatic nitrogens is 2. The summed E-state index contributed by atoms with van der Waals surface area (Å²) in [5.41, 5.74) is 2.82. The van der Waals surface area contributed by atoms with Crippen LogP contribution in [0.15, 0.2) is 18.2 Å². The molecule has 0 aliphatic heterocycles. The second kappa shape index (κ2) is 5.95. The van der Waals surface area contributed by atoms with Gasteiger partial charge in [0.05, 0.1) is 5.69 Å². The maximum absolute atomic E-state index is 13.8. The number of anilines is 2. The summed E-state index contributed by atoms with van der Waals surface area (Å²) in [6, 6.07) is 4.23. The molecule has 112 valence electrons. The van der Waals surface area contributed by atoms with Gasteiger partial charge in [-0.3, -0.25) is 10.4 Å². The molecule has 1 aromatic carbocycles. The molecule has 0 unspecified atom stereocenters. The maximum atomic E-state index is 13.8. The van der Waals surface area contributed by atoms with Gasteiger partial charge in [0.25, 0.3) is 0 Å². The summed E-state index contributed by atoms with van der Waals surface area (Å²) in [6.45, 7) is 7.71. The molecule has 1 aromatic heterocycles. The number of aromatic amines is 1. The molecule has 5 nitrogen and oxygen atoms in total. The van der Waals surface area contributed by atoms with Crippen molar-refractivity contribution in [2.75, 3.05) is 10.6 Å². The van der Waals surface area contributed by atoms with E-state index in [1.54, 1.807) is 12.1 Å². The number of carbonyl (C=O) groups excluding carboxylic acids is 1. The fraction of sp³-hybridized carbons (Fsp3) is 0.333. The summed E-state index contributed by atoms with van der Waals surface area (Å²) in [5, 5.41) is 11.9. The highest BCUT2D eigenvalue weighted by Gasteiger charge is 2.11. The van der Waals surface area contributed by atoms with E-state index in [2.05, 4.69) is 20.8 Å². The first kappa shape index (κ1) is 15.0. The molecule has 0 aliphatic carbocycles. The van der Waals surface area contributed by atoms with Gasteiger partial charge in [-0.2, -0.15) is 5.10 Å². The largest absolute Gasteiger partial charge is 0.324 e. The highest BCUT2D eigenvalue weighted by Crippen LogP contribution is 2.20. The Morgan fingerprint density at radius 3 is 2.48 bits per heavy atom. The molecule has 1 heterocycles. The minimum Gasteiger partial charge on any atom is -0.305 e. The van der Waals surface area contributed by atoms with Gasteiger partial charge in [0.2, 0.25) is 0 Å². The normalized spacial score (nSPS) is 10.8. The highest BCUT2D eigenvalue weighted by atomic mass is 19.1. The number of rotatable bonds is 3. The lowest BCUT2D eigenvalue weighted by Gasteiger charge is -2.09. The maximum Gasteiger partial charge on any atom is 0.324 e. The molecule has 2 rings (SSSR count). The van der Waals surface area contributed by atoms with E-state index in [0.29, 0.717) is 5.82 Å². The van der Waals surface area contributed by atoms with Gasteiger partial charge in [0.1, 0.15) is 5.82 Å². The minimum absolute atomic E-state index is 0.148. The molecule has 0 fully saturated rings. The number of nitrogens with zero attached hydrogens (tertiary/aromatic N) is 1. The Labute approximate surface area is 123 Å². The lowest BCUT2D eigenvalue weighted by Crippen LogP contribution is -2.20. The fourth-order valence-electron chi connectivity index (χ4n) is 1.84. The van der Waals surface area contributed by atoms with Gasteiger partial charge in [-0.1, -0.05) is 13.8 Å². The number of halogens is 1. The zero-order chi connectivity index (χ0) is 15.6. The van der Waals surface area contributed by atoms with Crippen molar-refractivity contribution in [3.63, 3.8) is 0 Å². The molecule has 6 heteroatoms. The van der Waals surface area contributed by atoms with E-state index in [1.807, 2.05) is 27.7 Å². The summed E-state index contributed by atoms with van der Waals surface area (Å²) in [6.07, 6.45) is 0. The highest BCUT2D eigenvalue weighted by molar-refractivity contribution is 5.99. The van der Waals surface area contributed by atoms with Crippen LogP contribution in [0.2, 0.25) is 0 Å². The molecule has 0 radical (unpaired) electrons. The van der Waals surface area contributed by atoms with E-state index in [9.17, 15) is 9.18 Å². The van der Waals surface area contributed by atoms with Crippen molar-refractivity contribution < 1.29 is 9.18 Å². The number of H-pyrrole nitrogens is 1. The summed E-state index contributed by atoms with van der Waals surface area (Å²) in [7, 11) is 0.